The number of rotatable bonds is 4. The molecule has 0 fully saturated rings. The van der Waals surface area contributed by atoms with Crippen LogP contribution in [0, 0.1) is 16.7 Å². The fourth-order valence-corrected chi connectivity index (χ4v) is 2.10. The van der Waals surface area contributed by atoms with E-state index in [-0.39, 0.29) is 11.5 Å². The van der Waals surface area contributed by atoms with Crippen molar-refractivity contribution in [2.45, 2.75) is 26.8 Å². The molecule has 0 spiro atoms. The Morgan fingerprint density at radius 2 is 2.33 bits per heavy atom. The summed E-state index contributed by atoms with van der Waals surface area (Å²) in [5.74, 6) is 0. The Hall–Kier alpha value is -0.560. The average molecular weight is 243 g/mol. The van der Waals surface area contributed by atoms with Gasteiger partial charge in [0, 0.05) is 12.6 Å². The molecule has 1 atom stereocenters. The van der Waals surface area contributed by atoms with Gasteiger partial charge in [0.05, 0.1) is 15.8 Å². The Labute approximate surface area is 99.9 Å². The molecule has 2 nitrogen and oxygen atoms in total. The Bertz CT molecular complexity index is 365. The third kappa shape index (κ3) is 3.83. The van der Waals surface area contributed by atoms with Gasteiger partial charge in [-0.2, -0.15) is 5.26 Å². The lowest BCUT2D eigenvalue weighted by atomic mass is 9.95. The van der Waals surface area contributed by atoms with Gasteiger partial charge in [-0.25, -0.2) is 0 Å². The fourth-order valence-electron chi connectivity index (χ4n) is 1.12. The van der Waals surface area contributed by atoms with Gasteiger partial charge in [0.2, 0.25) is 0 Å². The minimum absolute atomic E-state index is 0.237. The number of halogens is 1. The number of nitrogens with one attached hydrogen (secondary N) is 1. The maximum Gasteiger partial charge on any atom is 0.0931 e. The molecule has 0 aromatic carbocycles. The number of hydrogen-bond acceptors (Lipinski definition) is 3. The number of hydrogen-bond donors (Lipinski definition) is 1. The zero-order valence-electron chi connectivity index (χ0n) is 9.17. The molecule has 0 aliphatic rings. The number of nitriles is 1. The van der Waals surface area contributed by atoms with Crippen LogP contribution in [0.3, 0.4) is 0 Å². The molecule has 1 unspecified atom stereocenters. The lowest BCUT2D eigenvalue weighted by Crippen LogP contribution is -2.30. The summed E-state index contributed by atoms with van der Waals surface area (Å²) in [5.41, 5.74) is 0.854. The zero-order chi connectivity index (χ0) is 11.5. The molecule has 0 saturated carbocycles. The van der Waals surface area contributed by atoms with Gasteiger partial charge in [-0.1, -0.05) is 11.6 Å². The second-order valence-corrected chi connectivity index (χ2v) is 5.82. The summed E-state index contributed by atoms with van der Waals surface area (Å²) in [4.78, 5) is 0. The predicted octanol–water partition coefficient (Wildman–Crippen LogP) is 3.60. The third-order valence-electron chi connectivity index (χ3n) is 2.24. The smallest absolute Gasteiger partial charge is 0.0931 e. The SMILES string of the molecule is CC(NCC(C)(C)C#N)c1csc(Cl)c1. The summed E-state index contributed by atoms with van der Waals surface area (Å²) >= 11 is 7.39. The minimum Gasteiger partial charge on any atom is -0.309 e. The van der Waals surface area contributed by atoms with Crippen molar-refractivity contribution in [2.75, 3.05) is 6.54 Å². The Morgan fingerprint density at radius 1 is 1.67 bits per heavy atom. The summed E-state index contributed by atoms with van der Waals surface area (Å²) in [6, 6.07) is 4.47. The first kappa shape index (κ1) is 12.5. The molecule has 0 aliphatic carbocycles. The van der Waals surface area contributed by atoms with Crippen LogP contribution in [-0.2, 0) is 0 Å². The van der Waals surface area contributed by atoms with E-state index in [1.165, 1.54) is 16.9 Å². The van der Waals surface area contributed by atoms with Gasteiger partial charge >= 0.3 is 0 Å². The van der Waals surface area contributed by atoms with Crippen LogP contribution < -0.4 is 5.32 Å². The van der Waals surface area contributed by atoms with Gasteiger partial charge in [0.25, 0.3) is 0 Å². The maximum atomic E-state index is 8.87. The second kappa shape index (κ2) is 4.98. The summed E-state index contributed by atoms with van der Waals surface area (Å²) in [6.07, 6.45) is 0. The Morgan fingerprint density at radius 3 is 2.80 bits per heavy atom. The van der Waals surface area contributed by atoms with Gasteiger partial charge < -0.3 is 5.32 Å². The van der Waals surface area contributed by atoms with Crippen LogP contribution in [0.1, 0.15) is 32.4 Å². The molecule has 82 valence electrons. The molecule has 15 heavy (non-hydrogen) atoms. The van der Waals surface area contributed by atoms with E-state index in [0.29, 0.717) is 6.54 Å². The minimum atomic E-state index is -0.325. The number of nitrogens with zero attached hydrogens (tertiary/aromatic N) is 1. The monoisotopic (exact) mass is 242 g/mol. The first-order chi connectivity index (χ1) is 6.94. The third-order valence-corrected chi connectivity index (χ3v) is 3.35. The highest BCUT2D eigenvalue weighted by Gasteiger charge is 2.18. The predicted molar refractivity (Wildman–Crippen MR) is 65.1 cm³/mol. The van der Waals surface area contributed by atoms with E-state index in [4.69, 9.17) is 16.9 Å². The van der Waals surface area contributed by atoms with Crippen molar-refractivity contribution < 1.29 is 0 Å². The molecule has 0 saturated heterocycles. The van der Waals surface area contributed by atoms with E-state index in [1.807, 2.05) is 25.3 Å². The van der Waals surface area contributed by atoms with E-state index in [0.717, 1.165) is 4.34 Å². The van der Waals surface area contributed by atoms with Crippen molar-refractivity contribution in [3.8, 4) is 6.07 Å². The van der Waals surface area contributed by atoms with Gasteiger partial charge in [0.1, 0.15) is 0 Å². The molecule has 1 heterocycles. The molecule has 1 N–H and O–H groups in total. The molecule has 0 radical (unpaired) electrons. The van der Waals surface area contributed by atoms with Crippen LogP contribution in [0.4, 0.5) is 0 Å². The fraction of sp³-hybridized carbons (Fsp3) is 0.545. The van der Waals surface area contributed by atoms with Crippen molar-refractivity contribution in [3.05, 3.63) is 21.3 Å². The highest BCUT2D eigenvalue weighted by atomic mass is 35.5. The van der Waals surface area contributed by atoms with Gasteiger partial charge in [-0.3, -0.25) is 0 Å². The van der Waals surface area contributed by atoms with E-state index in [2.05, 4.69) is 18.3 Å². The molecule has 0 aliphatic heterocycles. The van der Waals surface area contributed by atoms with E-state index >= 15 is 0 Å². The Balaban J connectivity index is 2.51. The summed E-state index contributed by atoms with van der Waals surface area (Å²) in [5, 5.41) is 14.2. The van der Waals surface area contributed by atoms with Crippen LogP contribution in [-0.4, -0.2) is 6.54 Å². The zero-order valence-corrected chi connectivity index (χ0v) is 10.7. The molecule has 1 rings (SSSR count). The van der Waals surface area contributed by atoms with Gasteiger partial charge in [-0.05, 0) is 37.8 Å². The van der Waals surface area contributed by atoms with Crippen LogP contribution in [0.5, 0.6) is 0 Å². The van der Waals surface area contributed by atoms with Crippen molar-refractivity contribution in [2.24, 2.45) is 5.41 Å². The van der Waals surface area contributed by atoms with Crippen molar-refractivity contribution in [1.29, 1.82) is 5.26 Å². The second-order valence-electron chi connectivity index (χ2n) is 4.28. The van der Waals surface area contributed by atoms with Crippen molar-refractivity contribution in [3.63, 3.8) is 0 Å². The highest BCUT2D eigenvalue weighted by Crippen LogP contribution is 2.25. The quantitative estimate of drug-likeness (QED) is 0.876. The first-order valence-electron chi connectivity index (χ1n) is 4.83. The topological polar surface area (TPSA) is 35.8 Å². The summed E-state index contributed by atoms with van der Waals surface area (Å²) < 4.78 is 0.804. The molecule has 1 aromatic rings. The van der Waals surface area contributed by atoms with Crippen LogP contribution in [0.25, 0.3) is 0 Å². The van der Waals surface area contributed by atoms with Gasteiger partial charge in [-0.15, -0.1) is 11.3 Å². The lowest BCUT2D eigenvalue weighted by Gasteiger charge is -2.19. The summed E-state index contributed by atoms with van der Waals surface area (Å²) in [6.45, 7) is 6.60. The van der Waals surface area contributed by atoms with Crippen LogP contribution in [0.15, 0.2) is 11.4 Å². The maximum absolute atomic E-state index is 8.87. The van der Waals surface area contributed by atoms with Crippen LogP contribution >= 0.6 is 22.9 Å². The molecule has 0 bridgehead atoms. The number of thiophene rings is 1. The van der Waals surface area contributed by atoms with E-state index < -0.39 is 0 Å². The highest BCUT2D eigenvalue weighted by molar-refractivity contribution is 7.14. The summed E-state index contributed by atoms with van der Waals surface area (Å²) in [7, 11) is 0. The normalized spacial score (nSPS) is 13.5. The molecule has 0 amide bonds. The van der Waals surface area contributed by atoms with Crippen molar-refractivity contribution in [1.82, 2.24) is 5.32 Å². The molecule has 1 aromatic heterocycles. The molecular weight excluding hydrogens is 228 g/mol. The average Bonchev–Trinajstić information content (AvgIpc) is 2.61. The molecular formula is C11H15ClN2S. The molecule has 4 heteroatoms. The first-order valence-corrected chi connectivity index (χ1v) is 6.09. The largest absolute Gasteiger partial charge is 0.309 e. The lowest BCUT2D eigenvalue weighted by molar-refractivity contribution is 0.415. The van der Waals surface area contributed by atoms with E-state index in [1.54, 1.807) is 0 Å². The van der Waals surface area contributed by atoms with E-state index in [9.17, 15) is 0 Å². The standard InChI is InChI=1S/C11H15ClN2S/c1-8(9-4-10(12)15-5-9)14-7-11(2,3)6-13/h4-5,8,14H,7H2,1-3H3. The van der Waals surface area contributed by atoms with Crippen molar-refractivity contribution >= 4 is 22.9 Å². The van der Waals surface area contributed by atoms with Crippen LogP contribution in [0.2, 0.25) is 4.34 Å². The van der Waals surface area contributed by atoms with Gasteiger partial charge in [0.15, 0.2) is 0 Å². The Kier molecular flexibility index (Phi) is 4.15.